The molecule has 0 unspecified atom stereocenters. The topological polar surface area (TPSA) is 31.4 Å². The summed E-state index contributed by atoms with van der Waals surface area (Å²) >= 11 is 0. The first-order valence-corrected chi connectivity index (χ1v) is 7.36. The number of nitrogens with zero attached hydrogens (tertiary/aromatic N) is 1. The smallest absolute Gasteiger partial charge is 0.399 e. The maximum atomic E-state index is 14.1. The van der Waals surface area contributed by atoms with Gasteiger partial charge in [0.1, 0.15) is 5.82 Å². The average molecular weight is 299 g/mol. The lowest BCUT2D eigenvalue weighted by molar-refractivity contribution is 0.00578. The quantitative estimate of drug-likeness (QED) is 0.798. The summed E-state index contributed by atoms with van der Waals surface area (Å²) in [6.07, 6.45) is 3.30. The minimum atomic E-state index is -0.494. The third-order valence-corrected chi connectivity index (χ3v) is 4.51. The van der Waals surface area contributed by atoms with E-state index in [0.29, 0.717) is 5.56 Å². The molecule has 0 bridgehead atoms. The van der Waals surface area contributed by atoms with E-state index in [9.17, 15) is 4.39 Å². The summed E-state index contributed by atoms with van der Waals surface area (Å²) < 4.78 is 26.2. The average Bonchev–Trinajstić information content (AvgIpc) is 2.69. The Balaban J connectivity index is 1.98. The van der Waals surface area contributed by atoms with E-state index in [1.807, 2.05) is 27.7 Å². The molecule has 0 saturated carbocycles. The van der Waals surface area contributed by atoms with Gasteiger partial charge in [-0.3, -0.25) is 4.98 Å². The highest BCUT2D eigenvalue weighted by Gasteiger charge is 2.51. The van der Waals surface area contributed by atoms with E-state index in [-0.39, 0.29) is 5.82 Å². The zero-order chi connectivity index (χ0) is 16.0. The SMILES string of the molecule is CC1(C)OB(c2ccc(F)c(-c3ccncc3)c2)OC1(C)C. The summed E-state index contributed by atoms with van der Waals surface area (Å²) in [7, 11) is -0.494. The first-order chi connectivity index (χ1) is 10.3. The standard InChI is InChI=1S/C17H19BFNO2/c1-16(2)17(3,4)22-18(21-16)13-5-6-15(19)14(11-13)12-7-9-20-10-8-12/h5-11H,1-4H3. The van der Waals surface area contributed by atoms with Crippen LogP contribution in [-0.2, 0) is 9.31 Å². The van der Waals surface area contributed by atoms with Gasteiger partial charge in [0.2, 0.25) is 0 Å². The first-order valence-electron chi connectivity index (χ1n) is 7.36. The molecule has 5 heteroatoms. The molecule has 2 heterocycles. The summed E-state index contributed by atoms with van der Waals surface area (Å²) in [6, 6.07) is 8.52. The van der Waals surface area contributed by atoms with Crippen LogP contribution in [-0.4, -0.2) is 23.3 Å². The van der Waals surface area contributed by atoms with Crippen molar-refractivity contribution in [2.75, 3.05) is 0 Å². The monoisotopic (exact) mass is 299 g/mol. The van der Waals surface area contributed by atoms with E-state index in [1.54, 1.807) is 36.7 Å². The molecule has 1 aromatic carbocycles. The van der Waals surface area contributed by atoms with Crippen molar-refractivity contribution in [3.8, 4) is 11.1 Å². The molecule has 0 radical (unpaired) electrons. The lowest BCUT2D eigenvalue weighted by Gasteiger charge is -2.32. The Morgan fingerprint density at radius 2 is 1.55 bits per heavy atom. The molecule has 0 spiro atoms. The predicted octanol–water partition coefficient (Wildman–Crippen LogP) is 3.19. The van der Waals surface area contributed by atoms with Crippen LogP contribution in [0.3, 0.4) is 0 Å². The number of aromatic nitrogens is 1. The molecule has 0 atom stereocenters. The highest BCUT2D eigenvalue weighted by Crippen LogP contribution is 2.36. The molecule has 2 aromatic rings. The van der Waals surface area contributed by atoms with Gasteiger partial charge < -0.3 is 9.31 Å². The lowest BCUT2D eigenvalue weighted by atomic mass is 9.78. The second-order valence-corrected chi connectivity index (χ2v) is 6.56. The van der Waals surface area contributed by atoms with Crippen molar-refractivity contribution >= 4 is 12.6 Å². The normalized spacial score (nSPS) is 19.4. The van der Waals surface area contributed by atoms with Gasteiger partial charge in [0, 0.05) is 18.0 Å². The molecule has 22 heavy (non-hydrogen) atoms. The van der Waals surface area contributed by atoms with Crippen molar-refractivity contribution in [3.63, 3.8) is 0 Å². The third kappa shape index (κ3) is 2.55. The number of halogens is 1. The van der Waals surface area contributed by atoms with Gasteiger partial charge in [0.25, 0.3) is 0 Å². The molecule has 1 fully saturated rings. The largest absolute Gasteiger partial charge is 0.494 e. The second kappa shape index (κ2) is 5.18. The minimum absolute atomic E-state index is 0.272. The molecule has 0 amide bonds. The summed E-state index contributed by atoms with van der Waals surface area (Å²) in [5.74, 6) is -0.272. The Bertz CT molecular complexity index is 672. The lowest BCUT2D eigenvalue weighted by Crippen LogP contribution is -2.41. The maximum Gasteiger partial charge on any atom is 0.494 e. The summed E-state index contributed by atoms with van der Waals surface area (Å²) in [5, 5.41) is 0. The van der Waals surface area contributed by atoms with Gasteiger partial charge >= 0.3 is 7.12 Å². The zero-order valence-electron chi connectivity index (χ0n) is 13.3. The Morgan fingerprint density at radius 1 is 0.955 bits per heavy atom. The highest BCUT2D eigenvalue weighted by molar-refractivity contribution is 6.62. The highest BCUT2D eigenvalue weighted by atomic mass is 19.1. The Morgan fingerprint density at radius 3 is 2.14 bits per heavy atom. The second-order valence-electron chi connectivity index (χ2n) is 6.56. The van der Waals surface area contributed by atoms with Crippen LogP contribution in [0.1, 0.15) is 27.7 Å². The fourth-order valence-corrected chi connectivity index (χ4v) is 2.42. The van der Waals surface area contributed by atoms with Crippen molar-refractivity contribution in [1.82, 2.24) is 4.98 Å². The van der Waals surface area contributed by atoms with Crippen LogP contribution in [0.5, 0.6) is 0 Å². The van der Waals surface area contributed by atoms with Crippen molar-refractivity contribution < 1.29 is 13.7 Å². The molecule has 3 rings (SSSR count). The van der Waals surface area contributed by atoms with Gasteiger partial charge in [-0.1, -0.05) is 12.1 Å². The number of hydrogen-bond donors (Lipinski definition) is 0. The molecular weight excluding hydrogens is 280 g/mol. The van der Waals surface area contributed by atoms with E-state index in [2.05, 4.69) is 4.98 Å². The van der Waals surface area contributed by atoms with E-state index >= 15 is 0 Å². The van der Waals surface area contributed by atoms with Gasteiger partial charge in [0.05, 0.1) is 11.2 Å². The van der Waals surface area contributed by atoms with E-state index in [4.69, 9.17) is 9.31 Å². The van der Waals surface area contributed by atoms with E-state index in [1.165, 1.54) is 6.07 Å². The number of hydrogen-bond acceptors (Lipinski definition) is 3. The molecule has 0 aliphatic carbocycles. The van der Waals surface area contributed by atoms with Gasteiger partial charge in [-0.15, -0.1) is 0 Å². The third-order valence-electron chi connectivity index (χ3n) is 4.51. The van der Waals surface area contributed by atoms with Crippen LogP contribution in [0.2, 0.25) is 0 Å². The van der Waals surface area contributed by atoms with Crippen LogP contribution < -0.4 is 5.46 Å². The van der Waals surface area contributed by atoms with Crippen LogP contribution in [0.4, 0.5) is 4.39 Å². The minimum Gasteiger partial charge on any atom is -0.399 e. The maximum absolute atomic E-state index is 14.1. The molecule has 1 aliphatic rings. The van der Waals surface area contributed by atoms with Crippen LogP contribution >= 0.6 is 0 Å². The summed E-state index contributed by atoms with van der Waals surface area (Å²) in [4.78, 5) is 3.97. The molecule has 1 aromatic heterocycles. The number of rotatable bonds is 2. The van der Waals surface area contributed by atoms with Crippen LogP contribution in [0.25, 0.3) is 11.1 Å². The summed E-state index contributed by atoms with van der Waals surface area (Å²) in [5.41, 5.74) is 1.29. The van der Waals surface area contributed by atoms with Crippen molar-refractivity contribution in [3.05, 3.63) is 48.5 Å². The zero-order valence-corrected chi connectivity index (χ0v) is 13.3. The van der Waals surface area contributed by atoms with Crippen molar-refractivity contribution in [1.29, 1.82) is 0 Å². The molecule has 3 nitrogen and oxygen atoms in total. The molecule has 114 valence electrons. The number of benzene rings is 1. The summed E-state index contributed by atoms with van der Waals surface area (Å²) in [6.45, 7) is 8.00. The van der Waals surface area contributed by atoms with E-state index in [0.717, 1.165) is 11.0 Å². The van der Waals surface area contributed by atoms with Crippen molar-refractivity contribution in [2.24, 2.45) is 0 Å². The number of pyridine rings is 1. The van der Waals surface area contributed by atoms with Gasteiger partial charge in [-0.2, -0.15) is 0 Å². The molecule has 0 N–H and O–H groups in total. The fraction of sp³-hybridized carbons (Fsp3) is 0.353. The van der Waals surface area contributed by atoms with Gasteiger partial charge in [-0.05, 0) is 56.9 Å². The molecule has 1 aliphatic heterocycles. The van der Waals surface area contributed by atoms with E-state index < -0.39 is 18.3 Å². The Labute approximate surface area is 130 Å². The van der Waals surface area contributed by atoms with Crippen LogP contribution in [0, 0.1) is 5.82 Å². The first kappa shape index (κ1) is 15.2. The van der Waals surface area contributed by atoms with Crippen LogP contribution in [0.15, 0.2) is 42.7 Å². The fourth-order valence-electron chi connectivity index (χ4n) is 2.42. The van der Waals surface area contributed by atoms with Gasteiger partial charge in [0.15, 0.2) is 0 Å². The molecular formula is C17H19BFNO2. The van der Waals surface area contributed by atoms with Gasteiger partial charge in [-0.25, -0.2) is 4.39 Å². The Hall–Kier alpha value is -1.72. The predicted molar refractivity (Wildman–Crippen MR) is 85.3 cm³/mol. The van der Waals surface area contributed by atoms with Crippen molar-refractivity contribution in [2.45, 2.75) is 38.9 Å². The Kier molecular flexibility index (Phi) is 3.58. The molecule has 1 saturated heterocycles.